The molecule has 0 bridgehead atoms. The van der Waals surface area contributed by atoms with Gasteiger partial charge in [-0.15, -0.1) is 0 Å². The summed E-state index contributed by atoms with van der Waals surface area (Å²) in [5.41, 5.74) is 2.49. The van der Waals surface area contributed by atoms with Crippen molar-refractivity contribution >= 4 is 22.5 Å². The third kappa shape index (κ3) is 3.50. The number of ether oxygens (including phenoxy) is 1. The van der Waals surface area contributed by atoms with Gasteiger partial charge in [-0.1, -0.05) is 24.3 Å². The number of anilines is 2. The van der Waals surface area contributed by atoms with Crippen LogP contribution in [0.15, 0.2) is 54.6 Å². The van der Waals surface area contributed by atoms with E-state index in [9.17, 15) is 4.39 Å². The normalized spacial score (nSPS) is 12.3. The third-order valence-corrected chi connectivity index (χ3v) is 4.22. The number of benzene rings is 2. The summed E-state index contributed by atoms with van der Waals surface area (Å²) < 4.78 is 18.9. The van der Waals surface area contributed by atoms with Crippen molar-refractivity contribution in [1.29, 1.82) is 0 Å². The zero-order valence-corrected chi connectivity index (χ0v) is 14.9. The standard InChI is InChI=1S/C20H18FN5O/c1-12-11-17(26-25-12)23-19-15-5-3-4-6-16(15)22-20(24-19)18(27-2)13-7-9-14(21)10-8-13/h3-11,18H,1-2H3,(H2,22,23,24,25,26). The Hall–Kier alpha value is -3.32. The number of hydrogen-bond donors (Lipinski definition) is 2. The van der Waals surface area contributed by atoms with Gasteiger partial charge < -0.3 is 10.1 Å². The van der Waals surface area contributed by atoms with E-state index in [0.717, 1.165) is 22.2 Å². The first-order valence-corrected chi connectivity index (χ1v) is 8.48. The van der Waals surface area contributed by atoms with Gasteiger partial charge in [-0.05, 0) is 36.8 Å². The number of aromatic amines is 1. The molecule has 0 aliphatic carbocycles. The van der Waals surface area contributed by atoms with Gasteiger partial charge in [0.1, 0.15) is 17.7 Å². The molecule has 4 aromatic rings. The average molecular weight is 363 g/mol. The smallest absolute Gasteiger partial charge is 0.164 e. The predicted molar refractivity (Wildman–Crippen MR) is 101 cm³/mol. The van der Waals surface area contributed by atoms with Gasteiger partial charge >= 0.3 is 0 Å². The maximum absolute atomic E-state index is 13.3. The van der Waals surface area contributed by atoms with Gasteiger partial charge in [-0.25, -0.2) is 14.4 Å². The van der Waals surface area contributed by atoms with Crippen molar-refractivity contribution in [2.24, 2.45) is 0 Å². The maximum atomic E-state index is 13.3. The van der Waals surface area contributed by atoms with Crippen molar-refractivity contribution in [3.8, 4) is 0 Å². The van der Waals surface area contributed by atoms with Crippen molar-refractivity contribution in [3.63, 3.8) is 0 Å². The van der Waals surface area contributed by atoms with Crippen molar-refractivity contribution in [1.82, 2.24) is 20.2 Å². The molecule has 0 fully saturated rings. The van der Waals surface area contributed by atoms with Crippen molar-refractivity contribution in [2.45, 2.75) is 13.0 Å². The monoisotopic (exact) mass is 363 g/mol. The molecule has 1 unspecified atom stereocenters. The first-order chi connectivity index (χ1) is 13.1. The highest BCUT2D eigenvalue weighted by Crippen LogP contribution is 2.29. The lowest BCUT2D eigenvalue weighted by molar-refractivity contribution is 0.129. The highest BCUT2D eigenvalue weighted by Gasteiger charge is 2.19. The molecular weight excluding hydrogens is 345 g/mol. The number of para-hydroxylation sites is 1. The van der Waals surface area contributed by atoms with Gasteiger partial charge in [0.2, 0.25) is 0 Å². The number of halogens is 1. The number of nitrogens with zero attached hydrogens (tertiary/aromatic N) is 3. The number of rotatable bonds is 5. The first kappa shape index (κ1) is 17.1. The van der Waals surface area contributed by atoms with Crippen LogP contribution in [0.25, 0.3) is 10.9 Å². The van der Waals surface area contributed by atoms with E-state index < -0.39 is 6.10 Å². The van der Waals surface area contributed by atoms with Crippen LogP contribution in [0.4, 0.5) is 16.0 Å². The molecular formula is C20H18FN5O. The molecule has 0 radical (unpaired) electrons. The van der Waals surface area contributed by atoms with Crippen LogP contribution in [0.3, 0.4) is 0 Å². The van der Waals surface area contributed by atoms with Crippen LogP contribution < -0.4 is 5.32 Å². The van der Waals surface area contributed by atoms with Gasteiger partial charge in [0.05, 0.1) is 5.52 Å². The second-order valence-electron chi connectivity index (χ2n) is 6.18. The Balaban J connectivity index is 1.81. The predicted octanol–water partition coefficient (Wildman–Crippen LogP) is 4.28. The molecule has 2 aromatic heterocycles. The lowest BCUT2D eigenvalue weighted by Gasteiger charge is -2.17. The molecule has 4 rings (SSSR count). The minimum absolute atomic E-state index is 0.302. The first-order valence-electron chi connectivity index (χ1n) is 8.48. The lowest BCUT2D eigenvalue weighted by Crippen LogP contribution is -2.10. The summed E-state index contributed by atoms with van der Waals surface area (Å²) in [5, 5.41) is 11.2. The molecule has 7 heteroatoms. The second-order valence-corrected chi connectivity index (χ2v) is 6.18. The number of methoxy groups -OCH3 is 1. The molecule has 0 saturated carbocycles. The van der Waals surface area contributed by atoms with E-state index in [1.165, 1.54) is 12.1 Å². The molecule has 0 spiro atoms. The van der Waals surface area contributed by atoms with Crippen LogP contribution in [0.5, 0.6) is 0 Å². The summed E-state index contributed by atoms with van der Waals surface area (Å²) in [4.78, 5) is 9.34. The molecule has 27 heavy (non-hydrogen) atoms. The maximum Gasteiger partial charge on any atom is 0.164 e. The summed E-state index contributed by atoms with van der Waals surface area (Å²) in [5.74, 6) is 1.48. The SMILES string of the molecule is COC(c1ccc(F)cc1)c1nc(Nc2cc(C)[nH]n2)c2ccccc2n1. The van der Waals surface area contributed by atoms with E-state index in [-0.39, 0.29) is 5.82 Å². The number of H-pyrrole nitrogens is 1. The Morgan fingerprint density at radius 1 is 1.07 bits per heavy atom. The van der Waals surface area contributed by atoms with Gasteiger partial charge in [-0.3, -0.25) is 5.10 Å². The summed E-state index contributed by atoms with van der Waals surface area (Å²) in [6, 6.07) is 15.7. The number of aromatic nitrogens is 4. The van der Waals surface area contributed by atoms with E-state index in [1.54, 1.807) is 19.2 Å². The molecule has 6 nitrogen and oxygen atoms in total. The van der Waals surface area contributed by atoms with Crippen LogP contribution in [0, 0.1) is 12.7 Å². The second kappa shape index (κ2) is 7.13. The largest absolute Gasteiger partial charge is 0.369 e. The fourth-order valence-corrected chi connectivity index (χ4v) is 2.94. The Morgan fingerprint density at radius 2 is 1.85 bits per heavy atom. The molecule has 1 atom stereocenters. The van der Waals surface area contributed by atoms with Gasteiger partial charge in [0.25, 0.3) is 0 Å². The topological polar surface area (TPSA) is 75.7 Å². The Bertz CT molecular complexity index is 1080. The zero-order valence-electron chi connectivity index (χ0n) is 14.9. The molecule has 0 amide bonds. The Kier molecular flexibility index (Phi) is 4.52. The van der Waals surface area contributed by atoms with E-state index in [0.29, 0.717) is 17.5 Å². The number of fused-ring (bicyclic) bond motifs is 1. The highest BCUT2D eigenvalue weighted by molar-refractivity contribution is 5.90. The number of hydrogen-bond acceptors (Lipinski definition) is 5. The number of nitrogens with one attached hydrogen (secondary N) is 2. The van der Waals surface area contributed by atoms with Gasteiger partial charge in [-0.2, -0.15) is 5.10 Å². The van der Waals surface area contributed by atoms with Crippen molar-refractivity contribution < 1.29 is 9.13 Å². The molecule has 2 heterocycles. The molecule has 2 N–H and O–H groups in total. The van der Waals surface area contributed by atoms with E-state index in [1.807, 2.05) is 37.3 Å². The van der Waals surface area contributed by atoms with Crippen LogP contribution in [0.1, 0.15) is 23.2 Å². The van der Waals surface area contributed by atoms with Crippen LogP contribution in [0.2, 0.25) is 0 Å². The molecule has 0 aliphatic heterocycles. The summed E-state index contributed by atoms with van der Waals surface area (Å²) in [6.07, 6.45) is -0.517. The van der Waals surface area contributed by atoms with Gasteiger partial charge in [0, 0.05) is 24.3 Å². The highest BCUT2D eigenvalue weighted by atomic mass is 19.1. The van der Waals surface area contributed by atoms with Gasteiger partial charge in [0.15, 0.2) is 11.6 Å². The minimum Gasteiger partial charge on any atom is -0.369 e. The van der Waals surface area contributed by atoms with Crippen LogP contribution >= 0.6 is 0 Å². The Labute approximate surface area is 155 Å². The molecule has 2 aromatic carbocycles. The quantitative estimate of drug-likeness (QED) is 0.553. The van der Waals surface area contributed by atoms with Crippen LogP contribution in [-0.2, 0) is 4.74 Å². The Morgan fingerprint density at radius 3 is 2.56 bits per heavy atom. The van der Waals surface area contributed by atoms with E-state index in [4.69, 9.17) is 4.74 Å². The van der Waals surface area contributed by atoms with E-state index >= 15 is 0 Å². The molecule has 0 aliphatic rings. The van der Waals surface area contributed by atoms with Crippen LogP contribution in [-0.4, -0.2) is 27.3 Å². The molecule has 0 saturated heterocycles. The summed E-state index contributed by atoms with van der Waals surface area (Å²) in [7, 11) is 1.58. The average Bonchev–Trinajstić information content (AvgIpc) is 3.09. The van der Waals surface area contributed by atoms with E-state index in [2.05, 4.69) is 25.5 Å². The van der Waals surface area contributed by atoms with Crippen molar-refractivity contribution in [2.75, 3.05) is 12.4 Å². The zero-order chi connectivity index (χ0) is 18.8. The summed E-state index contributed by atoms with van der Waals surface area (Å²) in [6.45, 7) is 1.93. The lowest BCUT2D eigenvalue weighted by atomic mass is 10.1. The molecule has 136 valence electrons. The third-order valence-electron chi connectivity index (χ3n) is 4.22. The fourth-order valence-electron chi connectivity index (χ4n) is 2.94. The summed E-state index contributed by atoms with van der Waals surface area (Å²) >= 11 is 0. The van der Waals surface area contributed by atoms with Crippen molar-refractivity contribution in [3.05, 3.63) is 77.5 Å². The fraction of sp³-hybridized carbons (Fsp3) is 0.150. The number of aryl methyl sites for hydroxylation is 1. The minimum atomic E-state index is -0.517.